The lowest BCUT2D eigenvalue weighted by Crippen LogP contribution is -2.10. The summed E-state index contributed by atoms with van der Waals surface area (Å²) in [7, 11) is 0. The van der Waals surface area contributed by atoms with Crippen molar-refractivity contribution in [2.24, 2.45) is 0 Å². The number of aromatic nitrogens is 3. The van der Waals surface area contributed by atoms with Gasteiger partial charge in [-0.2, -0.15) is 0 Å². The summed E-state index contributed by atoms with van der Waals surface area (Å²) in [6.45, 7) is 6.13. The molecular formula is C16H18N4S. The molecule has 3 rings (SSSR count). The van der Waals surface area contributed by atoms with E-state index in [-0.39, 0.29) is 6.04 Å². The Bertz CT molecular complexity index is 730. The van der Waals surface area contributed by atoms with Crippen LogP contribution in [0.2, 0.25) is 0 Å². The Morgan fingerprint density at radius 1 is 1.10 bits per heavy atom. The van der Waals surface area contributed by atoms with Crippen LogP contribution in [0.15, 0.2) is 41.9 Å². The molecule has 0 fully saturated rings. The Labute approximate surface area is 128 Å². The van der Waals surface area contributed by atoms with E-state index >= 15 is 0 Å². The first-order chi connectivity index (χ1) is 10.1. The number of nitrogens with zero attached hydrogens (tertiary/aromatic N) is 3. The van der Waals surface area contributed by atoms with Gasteiger partial charge >= 0.3 is 0 Å². The third-order valence-electron chi connectivity index (χ3n) is 3.21. The lowest BCUT2D eigenvalue weighted by atomic mass is 10.3. The minimum atomic E-state index is 0.132. The van der Waals surface area contributed by atoms with Crippen molar-refractivity contribution in [3.05, 3.63) is 58.3 Å². The first-order valence-electron chi connectivity index (χ1n) is 6.93. The molecule has 0 saturated carbocycles. The van der Waals surface area contributed by atoms with Crippen molar-refractivity contribution in [2.45, 2.75) is 26.8 Å². The maximum atomic E-state index is 4.59. The summed E-state index contributed by atoms with van der Waals surface area (Å²) in [6.07, 6.45) is 2.04. The molecule has 0 amide bonds. The second-order valence-electron chi connectivity index (χ2n) is 5.10. The number of hydrogen-bond donors (Lipinski definition) is 1. The molecular weight excluding hydrogens is 280 g/mol. The van der Waals surface area contributed by atoms with Crippen LogP contribution >= 0.6 is 11.3 Å². The molecule has 1 N–H and O–H groups in total. The van der Waals surface area contributed by atoms with Gasteiger partial charge in [0.25, 0.3) is 0 Å². The van der Waals surface area contributed by atoms with E-state index in [0.717, 1.165) is 28.0 Å². The largest absolute Gasteiger partial charge is 0.346 e. The zero-order chi connectivity index (χ0) is 14.8. The number of para-hydroxylation sites is 1. The predicted molar refractivity (Wildman–Crippen MR) is 87.2 cm³/mol. The number of hydrogen-bond acceptors (Lipinski definition) is 4. The lowest BCUT2D eigenvalue weighted by molar-refractivity contribution is 0.835. The molecule has 0 aliphatic heterocycles. The van der Waals surface area contributed by atoms with E-state index in [4.69, 9.17) is 0 Å². The van der Waals surface area contributed by atoms with E-state index < -0.39 is 0 Å². The van der Waals surface area contributed by atoms with E-state index in [0.29, 0.717) is 0 Å². The molecule has 0 spiro atoms. The molecule has 0 radical (unpaired) electrons. The topological polar surface area (TPSA) is 42.7 Å². The summed E-state index contributed by atoms with van der Waals surface area (Å²) < 4.78 is 2.08. The fourth-order valence-electron chi connectivity index (χ4n) is 2.21. The van der Waals surface area contributed by atoms with E-state index in [2.05, 4.69) is 44.3 Å². The number of imidazole rings is 1. The molecule has 3 aromatic rings. The maximum Gasteiger partial charge on any atom is 0.208 e. The average molecular weight is 298 g/mol. The second kappa shape index (κ2) is 5.69. The first-order valence-corrected chi connectivity index (χ1v) is 7.81. The molecule has 5 heteroatoms. The highest BCUT2D eigenvalue weighted by Gasteiger charge is 2.14. The minimum Gasteiger partial charge on any atom is -0.346 e. The molecule has 2 aromatic heterocycles. The van der Waals surface area contributed by atoms with Crippen LogP contribution in [0.4, 0.5) is 5.95 Å². The Balaban J connectivity index is 1.89. The SMILES string of the molecule is Cc1csc(C(C)Nc2nc(C)cn2-c2ccccc2)n1. The van der Waals surface area contributed by atoms with Gasteiger partial charge in [0, 0.05) is 23.0 Å². The molecule has 0 aliphatic rings. The molecule has 1 atom stereocenters. The third kappa shape index (κ3) is 2.97. The van der Waals surface area contributed by atoms with Gasteiger partial charge in [-0.05, 0) is 32.9 Å². The molecule has 0 bridgehead atoms. The predicted octanol–water partition coefficient (Wildman–Crippen LogP) is 4.12. The van der Waals surface area contributed by atoms with Crippen LogP contribution in [0.3, 0.4) is 0 Å². The highest BCUT2D eigenvalue weighted by molar-refractivity contribution is 7.09. The molecule has 4 nitrogen and oxygen atoms in total. The van der Waals surface area contributed by atoms with Crippen molar-refractivity contribution in [1.29, 1.82) is 0 Å². The number of aryl methyl sites for hydroxylation is 2. The Morgan fingerprint density at radius 3 is 2.52 bits per heavy atom. The van der Waals surface area contributed by atoms with Crippen LogP contribution in [-0.2, 0) is 0 Å². The van der Waals surface area contributed by atoms with Crippen LogP contribution in [0.1, 0.15) is 29.4 Å². The monoisotopic (exact) mass is 298 g/mol. The van der Waals surface area contributed by atoms with Crippen LogP contribution in [0.5, 0.6) is 0 Å². The van der Waals surface area contributed by atoms with Crippen molar-refractivity contribution in [2.75, 3.05) is 5.32 Å². The van der Waals surface area contributed by atoms with Crippen molar-refractivity contribution in [3.8, 4) is 5.69 Å². The van der Waals surface area contributed by atoms with Gasteiger partial charge in [-0.25, -0.2) is 9.97 Å². The van der Waals surface area contributed by atoms with E-state index in [1.807, 2.05) is 38.2 Å². The maximum absolute atomic E-state index is 4.59. The average Bonchev–Trinajstić information content (AvgIpc) is 3.06. The van der Waals surface area contributed by atoms with Crippen molar-refractivity contribution in [3.63, 3.8) is 0 Å². The number of thiazole rings is 1. The lowest BCUT2D eigenvalue weighted by Gasteiger charge is -2.14. The van der Waals surface area contributed by atoms with Gasteiger partial charge in [0.15, 0.2) is 0 Å². The van der Waals surface area contributed by atoms with Crippen molar-refractivity contribution < 1.29 is 0 Å². The number of rotatable bonds is 4. The van der Waals surface area contributed by atoms with Gasteiger partial charge < -0.3 is 5.32 Å². The van der Waals surface area contributed by atoms with Crippen LogP contribution in [-0.4, -0.2) is 14.5 Å². The van der Waals surface area contributed by atoms with Crippen molar-refractivity contribution in [1.82, 2.24) is 14.5 Å². The highest BCUT2D eigenvalue weighted by atomic mass is 32.1. The zero-order valence-electron chi connectivity index (χ0n) is 12.4. The molecule has 21 heavy (non-hydrogen) atoms. The molecule has 0 saturated heterocycles. The third-order valence-corrected chi connectivity index (χ3v) is 4.36. The summed E-state index contributed by atoms with van der Waals surface area (Å²) >= 11 is 1.67. The summed E-state index contributed by atoms with van der Waals surface area (Å²) in [5, 5.41) is 6.61. The van der Waals surface area contributed by atoms with Gasteiger partial charge in [0.05, 0.1) is 11.7 Å². The molecule has 0 aliphatic carbocycles. The van der Waals surface area contributed by atoms with Gasteiger partial charge in [-0.15, -0.1) is 11.3 Å². The van der Waals surface area contributed by atoms with Gasteiger partial charge in [-0.3, -0.25) is 4.57 Å². The summed E-state index contributed by atoms with van der Waals surface area (Å²) in [5.74, 6) is 0.846. The van der Waals surface area contributed by atoms with Gasteiger partial charge in [0.1, 0.15) is 5.01 Å². The highest BCUT2D eigenvalue weighted by Crippen LogP contribution is 2.24. The molecule has 2 heterocycles. The van der Waals surface area contributed by atoms with Crippen LogP contribution < -0.4 is 5.32 Å². The molecule has 1 unspecified atom stereocenters. The molecule has 108 valence electrons. The van der Waals surface area contributed by atoms with Crippen molar-refractivity contribution >= 4 is 17.3 Å². The standard InChI is InChI=1S/C16H18N4S/c1-11-9-20(14-7-5-4-6-8-14)16(18-11)19-13(3)15-17-12(2)10-21-15/h4-10,13H,1-3H3,(H,18,19). The Hall–Kier alpha value is -2.14. The quantitative estimate of drug-likeness (QED) is 0.788. The molecule has 1 aromatic carbocycles. The van der Waals surface area contributed by atoms with Gasteiger partial charge in [0.2, 0.25) is 5.95 Å². The van der Waals surface area contributed by atoms with Crippen LogP contribution in [0, 0.1) is 13.8 Å². The second-order valence-corrected chi connectivity index (χ2v) is 5.99. The fourth-order valence-corrected chi connectivity index (χ4v) is 3.02. The minimum absolute atomic E-state index is 0.132. The van der Waals surface area contributed by atoms with Gasteiger partial charge in [-0.1, -0.05) is 18.2 Å². The number of benzene rings is 1. The summed E-state index contributed by atoms with van der Waals surface area (Å²) in [6, 6.07) is 10.4. The summed E-state index contributed by atoms with van der Waals surface area (Å²) in [5.41, 5.74) is 3.15. The normalized spacial score (nSPS) is 12.3. The Morgan fingerprint density at radius 2 is 1.86 bits per heavy atom. The fraction of sp³-hybridized carbons (Fsp3) is 0.250. The van der Waals surface area contributed by atoms with E-state index in [1.165, 1.54) is 0 Å². The number of nitrogens with one attached hydrogen (secondary N) is 1. The van der Waals surface area contributed by atoms with E-state index in [1.54, 1.807) is 11.3 Å². The van der Waals surface area contributed by atoms with E-state index in [9.17, 15) is 0 Å². The smallest absolute Gasteiger partial charge is 0.208 e. The summed E-state index contributed by atoms with van der Waals surface area (Å²) in [4.78, 5) is 9.12. The number of anilines is 1. The van der Waals surface area contributed by atoms with Crippen LogP contribution in [0.25, 0.3) is 5.69 Å². The zero-order valence-corrected chi connectivity index (χ0v) is 13.2. The Kier molecular flexibility index (Phi) is 3.75. The first kappa shape index (κ1) is 13.8.